The Balaban J connectivity index is 0.000000249. The Morgan fingerprint density at radius 2 is 0.455 bits per heavy atom. The lowest BCUT2D eigenvalue weighted by Crippen LogP contribution is -2.25. The molecule has 9 aromatic carbocycles. The molecule has 0 saturated carbocycles. The summed E-state index contributed by atoms with van der Waals surface area (Å²) in [6, 6.07) is 72.1. The monoisotopic (exact) mass is 874 g/mol. The van der Waals surface area contributed by atoms with E-state index in [9.17, 15) is 0 Å². The van der Waals surface area contributed by atoms with E-state index in [1.54, 1.807) is 0 Å². The summed E-state index contributed by atoms with van der Waals surface area (Å²) in [5.41, 5.74) is 12.2. The topological polar surface area (TPSA) is 3.24 Å². The molecule has 66 heavy (non-hydrogen) atoms. The molecule has 0 atom stereocenters. The number of hydrogen-bond donors (Lipinski definition) is 0. The summed E-state index contributed by atoms with van der Waals surface area (Å²) in [4.78, 5) is 2.33. The maximum atomic E-state index is 2.33. The summed E-state index contributed by atoms with van der Waals surface area (Å²) >= 11 is 0. The minimum absolute atomic E-state index is 0.180. The zero-order valence-electron chi connectivity index (χ0n) is 42.9. The quantitative estimate of drug-likeness (QED) is 0.160. The highest BCUT2D eigenvalue weighted by molar-refractivity contribution is 6.25. The van der Waals surface area contributed by atoms with Crippen LogP contribution < -0.4 is 4.90 Å². The summed E-state index contributed by atoms with van der Waals surface area (Å²) in [6.07, 6.45) is 0. The second kappa shape index (κ2) is 28.5. The van der Waals surface area contributed by atoms with Gasteiger partial charge in [0.15, 0.2) is 0 Å². The molecule has 344 valence electrons. The minimum atomic E-state index is -0.180. The highest BCUT2D eigenvalue weighted by atomic mass is 15.1. The third kappa shape index (κ3) is 10.8. The molecule has 0 radical (unpaired) electrons. The molecule has 2 aliphatic rings. The summed E-state index contributed by atoms with van der Waals surface area (Å²) in [7, 11) is 0. The molecule has 9 aromatic rings. The first kappa shape index (κ1) is 53.9. The number of benzene rings is 9. The molecule has 0 aromatic heterocycles. The maximum absolute atomic E-state index is 2.33. The van der Waals surface area contributed by atoms with Crippen LogP contribution in [-0.2, 0) is 5.41 Å². The van der Waals surface area contributed by atoms with Crippen LogP contribution in [0, 0.1) is 0 Å². The third-order valence-electron chi connectivity index (χ3n) is 11.4. The molecular weight excluding hydrogens is 795 g/mol. The first-order valence-corrected chi connectivity index (χ1v) is 25.2. The zero-order chi connectivity index (χ0) is 48.5. The Hall–Kier alpha value is -6.44. The van der Waals surface area contributed by atoms with Crippen molar-refractivity contribution in [2.45, 2.75) is 102 Å². The lowest BCUT2D eigenvalue weighted by atomic mass is 9.70. The van der Waals surface area contributed by atoms with Gasteiger partial charge in [0.2, 0.25) is 0 Å². The highest BCUT2D eigenvalue weighted by Gasteiger charge is 2.51. The molecule has 0 aliphatic heterocycles. The number of anilines is 1. The van der Waals surface area contributed by atoms with Crippen LogP contribution in [0.3, 0.4) is 0 Å². The van der Waals surface area contributed by atoms with Gasteiger partial charge in [0.1, 0.15) is 0 Å². The standard InChI is InChI=1S/C25H16.C18H12.C10H15N.6C2H6/c1-5-13-21-17(9-1)18-10-2-6-14-22(18)25(21)23-15-7-3-11-19(23)20-12-4-8-16-24(20)25;1-2-8-14-13(7-1)15-9-3-4-11-17(15)18-12-6-5-10-16(14)18;1-3-11(4-2)10-8-6-5-7-9-10;6*1-2/h1-16H;1-12H;5-9H,3-4H2,1-2H3;6*1-2H3. The highest BCUT2D eigenvalue weighted by Crippen LogP contribution is 2.62. The largest absolute Gasteiger partial charge is 0.372 e. The van der Waals surface area contributed by atoms with Crippen LogP contribution in [0.25, 0.3) is 54.6 Å². The van der Waals surface area contributed by atoms with Crippen LogP contribution in [0.15, 0.2) is 200 Å². The molecule has 1 spiro atoms. The molecule has 0 heterocycles. The number of para-hydroxylation sites is 1. The van der Waals surface area contributed by atoms with Gasteiger partial charge in [-0.25, -0.2) is 0 Å². The molecule has 0 unspecified atom stereocenters. The van der Waals surface area contributed by atoms with Crippen molar-refractivity contribution in [1.82, 2.24) is 0 Å². The van der Waals surface area contributed by atoms with E-state index in [-0.39, 0.29) is 5.41 Å². The van der Waals surface area contributed by atoms with E-state index in [1.807, 2.05) is 89.2 Å². The first-order valence-electron chi connectivity index (χ1n) is 25.2. The normalized spacial score (nSPS) is 10.8. The Bertz CT molecular complexity index is 2350. The van der Waals surface area contributed by atoms with Crippen molar-refractivity contribution in [2.75, 3.05) is 18.0 Å². The second-order valence-corrected chi connectivity index (χ2v) is 14.1. The lowest BCUT2D eigenvalue weighted by Gasteiger charge is -2.30. The average Bonchev–Trinajstić information content (AvgIpc) is 3.91. The molecule has 0 bridgehead atoms. The molecule has 1 nitrogen and oxygen atoms in total. The third-order valence-corrected chi connectivity index (χ3v) is 11.4. The predicted molar refractivity (Wildman–Crippen MR) is 300 cm³/mol. The van der Waals surface area contributed by atoms with Crippen molar-refractivity contribution in [3.05, 3.63) is 222 Å². The predicted octanol–water partition coefficient (Wildman–Crippen LogP) is 19.9. The molecule has 2 aliphatic carbocycles. The van der Waals surface area contributed by atoms with E-state index in [2.05, 4.69) is 213 Å². The molecule has 1 heteroatoms. The van der Waals surface area contributed by atoms with Gasteiger partial charge >= 0.3 is 0 Å². The Morgan fingerprint density at radius 3 is 0.682 bits per heavy atom. The van der Waals surface area contributed by atoms with Crippen molar-refractivity contribution >= 4 is 38.0 Å². The number of nitrogens with zero attached hydrogens (tertiary/aromatic N) is 1. The van der Waals surface area contributed by atoms with Crippen molar-refractivity contribution in [3.8, 4) is 22.3 Å². The van der Waals surface area contributed by atoms with Gasteiger partial charge in [-0.05, 0) is 103 Å². The number of rotatable bonds is 3. The van der Waals surface area contributed by atoms with Gasteiger partial charge in [-0.3, -0.25) is 0 Å². The molecule has 0 N–H and O–H groups in total. The molecule has 0 fully saturated rings. The van der Waals surface area contributed by atoms with Crippen LogP contribution in [0.5, 0.6) is 0 Å². The SMILES string of the molecule is CC.CC.CC.CC.CC.CC.CCN(CC)c1ccccc1.c1ccc2c(c1)-c1ccccc1C21c2ccccc2-c2ccccc21.c1ccc2c(c1)c1ccccc1c1ccccc21. The van der Waals surface area contributed by atoms with Gasteiger partial charge in [0.25, 0.3) is 0 Å². The first-order chi connectivity index (χ1) is 32.8. The van der Waals surface area contributed by atoms with Crippen molar-refractivity contribution in [2.24, 2.45) is 0 Å². The molecule has 0 saturated heterocycles. The summed E-state index contributed by atoms with van der Waals surface area (Å²) in [5, 5.41) is 8.04. The van der Waals surface area contributed by atoms with Crippen molar-refractivity contribution in [3.63, 3.8) is 0 Å². The van der Waals surface area contributed by atoms with E-state index in [4.69, 9.17) is 0 Å². The second-order valence-electron chi connectivity index (χ2n) is 14.1. The van der Waals surface area contributed by atoms with E-state index in [1.165, 1.54) is 82.5 Å². The van der Waals surface area contributed by atoms with E-state index >= 15 is 0 Å². The zero-order valence-corrected chi connectivity index (χ0v) is 42.9. The maximum Gasteiger partial charge on any atom is 0.0725 e. The molecule has 0 amide bonds. The molecule has 11 rings (SSSR count). The molecular formula is C65H79N. The fourth-order valence-electron chi connectivity index (χ4n) is 9.14. The van der Waals surface area contributed by atoms with Gasteiger partial charge in [0, 0.05) is 18.8 Å². The van der Waals surface area contributed by atoms with Crippen LogP contribution in [0.1, 0.15) is 119 Å². The number of fused-ring (bicyclic) bond motifs is 16. The van der Waals surface area contributed by atoms with E-state index in [0.29, 0.717) is 0 Å². The summed E-state index contributed by atoms with van der Waals surface area (Å²) < 4.78 is 0. The summed E-state index contributed by atoms with van der Waals surface area (Å²) in [6.45, 7) is 30.5. The minimum Gasteiger partial charge on any atom is -0.372 e. The summed E-state index contributed by atoms with van der Waals surface area (Å²) in [5.74, 6) is 0. The van der Waals surface area contributed by atoms with Crippen molar-refractivity contribution < 1.29 is 0 Å². The Kier molecular flexibility index (Phi) is 23.2. The van der Waals surface area contributed by atoms with Crippen molar-refractivity contribution in [1.29, 1.82) is 0 Å². The Morgan fingerprint density at radius 1 is 0.258 bits per heavy atom. The van der Waals surface area contributed by atoms with Crippen LogP contribution in [0.4, 0.5) is 5.69 Å². The average molecular weight is 874 g/mol. The lowest BCUT2D eigenvalue weighted by molar-refractivity contribution is 0.794. The number of hydrogen-bond acceptors (Lipinski definition) is 1. The smallest absolute Gasteiger partial charge is 0.0725 e. The van der Waals surface area contributed by atoms with Crippen LogP contribution >= 0.6 is 0 Å². The Labute approximate surface area is 401 Å². The van der Waals surface area contributed by atoms with Crippen LogP contribution in [-0.4, -0.2) is 13.1 Å². The van der Waals surface area contributed by atoms with E-state index < -0.39 is 0 Å². The van der Waals surface area contributed by atoms with Gasteiger partial charge in [-0.2, -0.15) is 0 Å². The fraction of sp³-hybridized carbons (Fsp3) is 0.262. The van der Waals surface area contributed by atoms with Gasteiger partial charge < -0.3 is 4.90 Å². The van der Waals surface area contributed by atoms with E-state index in [0.717, 1.165) is 13.1 Å². The van der Waals surface area contributed by atoms with Gasteiger partial charge in [-0.15, -0.1) is 0 Å². The fourth-order valence-corrected chi connectivity index (χ4v) is 9.14. The van der Waals surface area contributed by atoms with Crippen LogP contribution in [0.2, 0.25) is 0 Å². The van der Waals surface area contributed by atoms with Gasteiger partial charge in [0.05, 0.1) is 5.41 Å². The van der Waals surface area contributed by atoms with Gasteiger partial charge in [-0.1, -0.05) is 271 Å².